The third kappa shape index (κ3) is 2.76. The number of ether oxygens (including phenoxy) is 1. The molecule has 0 fully saturated rings. The summed E-state index contributed by atoms with van der Waals surface area (Å²) in [5.74, 6) is 0. The Balaban J connectivity index is 2.64. The highest BCUT2D eigenvalue weighted by Crippen LogP contribution is 2.07. The molecule has 0 aliphatic carbocycles. The molecule has 0 bridgehead atoms. The summed E-state index contributed by atoms with van der Waals surface area (Å²) in [5.41, 5.74) is -0.670. The second-order valence-corrected chi connectivity index (χ2v) is 2.60. The van der Waals surface area contributed by atoms with Crippen LogP contribution in [0.15, 0.2) is 12.4 Å². The van der Waals surface area contributed by atoms with E-state index in [-0.39, 0.29) is 0 Å². The van der Waals surface area contributed by atoms with Gasteiger partial charge < -0.3 is 17.7 Å². The fourth-order valence-corrected chi connectivity index (χ4v) is 0.856. The number of halogens is 3. The summed E-state index contributed by atoms with van der Waals surface area (Å²) in [5, 5.41) is 3.55. The number of methoxy groups -OCH3 is 1. The lowest BCUT2D eigenvalue weighted by Gasteiger charge is -2.09. The minimum atomic E-state index is -4.93. The van der Waals surface area contributed by atoms with Crippen LogP contribution in [0.1, 0.15) is 0 Å². The Kier molecular flexibility index (Phi) is 2.97. The van der Waals surface area contributed by atoms with Gasteiger partial charge in [-0.3, -0.25) is 4.68 Å². The van der Waals surface area contributed by atoms with Crippen molar-refractivity contribution in [2.24, 2.45) is 0 Å². The van der Waals surface area contributed by atoms with Gasteiger partial charge in [-0.2, -0.15) is 5.10 Å². The van der Waals surface area contributed by atoms with Crippen LogP contribution < -0.4 is 5.46 Å². The Labute approximate surface area is 73.5 Å². The van der Waals surface area contributed by atoms with Gasteiger partial charge in [0.05, 0.1) is 13.2 Å². The molecule has 0 atom stereocenters. The third-order valence-corrected chi connectivity index (χ3v) is 1.56. The summed E-state index contributed by atoms with van der Waals surface area (Å²) in [6, 6.07) is 0. The van der Waals surface area contributed by atoms with Gasteiger partial charge in [-0.05, 0) is 6.20 Å². The van der Waals surface area contributed by atoms with Crippen molar-refractivity contribution in [1.29, 1.82) is 0 Å². The van der Waals surface area contributed by atoms with Crippen LogP contribution in [0.2, 0.25) is 0 Å². The standard InChI is InChI=1S/C6H9BF3N2O/c1-13-3-2-12-5-6(4-11-12)7(8,9)10/h4-5H,2-3H2,1H3/q-1. The van der Waals surface area contributed by atoms with Gasteiger partial charge in [-0.1, -0.05) is 5.46 Å². The van der Waals surface area contributed by atoms with Gasteiger partial charge in [0, 0.05) is 13.3 Å². The number of nitrogens with zero attached hydrogens (tertiary/aromatic N) is 2. The average Bonchev–Trinajstić information content (AvgIpc) is 2.47. The fraction of sp³-hybridized carbons (Fsp3) is 0.500. The molecule has 0 radical (unpaired) electrons. The lowest BCUT2D eigenvalue weighted by molar-refractivity contribution is 0.183. The van der Waals surface area contributed by atoms with Gasteiger partial charge in [0.1, 0.15) is 0 Å². The van der Waals surface area contributed by atoms with Crippen LogP contribution in [0, 0.1) is 0 Å². The summed E-state index contributed by atoms with van der Waals surface area (Å²) in [4.78, 5) is 0. The van der Waals surface area contributed by atoms with E-state index >= 15 is 0 Å². The maximum absolute atomic E-state index is 12.1. The number of aromatic nitrogens is 2. The third-order valence-electron chi connectivity index (χ3n) is 1.56. The van der Waals surface area contributed by atoms with E-state index in [4.69, 9.17) is 4.74 Å². The van der Waals surface area contributed by atoms with Crippen molar-refractivity contribution in [1.82, 2.24) is 9.78 Å². The molecule has 3 nitrogen and oxygen atoms in total. The molecule has 1 aromatic heterocycles. The molecule has 0 aliphatic heterocycles. The van der Waals surface area contributed by atoms with Crippen molar-refractivity contribution >= 4 is 12.4 Å². The van der Waals surface area contributed by atoms with Gasteiger partial charge in [-0.25, -0.2) is 0 Å². The smallest absolute Gasteiger partial charge is 0.445 e. The normalized spacial score (nSPS) is 12.0. The van der Waals surface area contributed by atoms with Crippen LogP contribution in [-0.4, -0.2) is 30.5 Å². The Hall–Kier alpha value is -0.975. The summed E-state index contributed by atoms with van der Waals surface area (Å²) < 4.78 is 42.2. The second-order valence-electron chi connectivity index (χ2n) is 2.60. The molecular weight excluding hydrogens is 184 g/mol. The monoisotopic (exact) mass is 193 g/mol. The van der Waals surface area contributed by atoms with Crippen molar-refractivity contribution in [3.8, 4) is 0 Å². The molecule has 0 saturated carbocycles. The van der Waals surface area contributed by atoms with Crippen molar-refractivity contribution < 1.29 is 17.7 Å². The van der Waals surface area contributed by atoms with Crippen LogP contribution >= 0.6 is 0 Å². The van der Waals surface area contributed by atoms with Gasteiger partial charge in [0.15, 0.2) is 0 Å². The lowest BCUT2D eigenvalue weighted by atomic mass is 9.83. The molecule has 0 spiro atoms. The molecule has 74 valence electrons. The molecular formula is C6H9BF3N2O-. The number of rotatable bonds is 4. The van der Waals surface area contributed by atoms with E-state index in [0.717, 1.165) is 12.4 Å². The Bertz CT molecular complexity index is 273. The summed E-state index contributed by atoms with van der Waals surface area (Å²) in [6.45, 7) is -4.24. The molecule has 7 heteroatoms. The first-order valence-electron chi connectivity index (χ1n) is 3.75. The molecule has 0 unspecified atom stereocenters. The maximum atomic E-state index is 12.1. The van der Waals surface area contributed by atoms with Crippen LogP contribution in [0.5, 0.6) is 0 Å². The average molecular weight is 193 g/mol. The van der Waals surface area contributed by atoms with E-state index < -0.39 is 12.4 Å². The highest BCUT2D eigenvalue weighted by atomic mass is 19.4. The predicted molar refractivity (Wildman–Crippen MR) is 42.8 cm³/mol. The van der Waals surface area contributed by atoms with Crippen molar-refractivity contribution in [3.05, 3.63) is 12.4 Å². The first-order chi connectivity index (χ1) is 6.04. The lowest BCUT2D eigenvalue weighted by Crippen LogP contribution is -2.32. The minimum Gasteiger partial charge on any atom is -0.445 e. The molecule has 0 aromatic carbocycles. The van der Waals surface area contributed by atoms with Gasteiger partial charge in [-0.15, -0.1) is 0 Å². The Morgan fingerprint density at radius 2 is 2.23 bits per heavy atom. The summed E-state index contributed by atoms with van der Waals surface area (Å²) in [7, 11) is 1.48. The van der Waals surface area contributed by atoms with E-state index in [2.05, 4.69) is 5.10 Å². The fourth-order valence-electron chi connectivity index (χ4n) is 0.856. The van der Waals surface area contributed by atoms with Crippen LogP contribution in [0.3, 0.4) is 0 Å². The highest BCUT2D eigenvalue weighted by Gasteiger charge is 2.26. The van der Waals surface area contributed by atoms with Gasteiger partial charge in [0.2, 0.25) is 0 Å². The van der Waals surface area contributed by atoms with Crippen LogP contribution in [-0.2, 0) is 11.3 Å². The quantitative estimate of drug-likeness (QED) is 0.654. The summed E-state index contributed by atoms with van der Waals surface area (Å²) in [6.07, 6.45) is 1.81. The van der Waals surface area contributed by atoms with E-state index in [1.165, 1.54) is 11.8 Å². The predicted octanol–water partition coefficient (Wildman–Crippen LogP) is 0.584. The Morgan fingerprint density at radius 1 is 1.54 bits per heavy atom. The Morgan fingerprint density at radius 3 is 2.69 bits per heavy atom. The van der Waals surface area contributed by atoms with E-state index in [1.807, 2.05) is 0 Å². The first kappa shape index (κ1) is 10.1. The maximum Gasteiger partial charge on any atom is 0.512 e. The van der Waals surface area contributed by atoms with Crippen molar-refractivity contribution in [3.63, 3.8) is 0 Å². The number of hydrogen-bond donors (Lipinski definition) is 0. The van der Waals surface area contributed by atoms with Crippen LogP contribution in [0.25, 0.3) is 0 Å². The highest BCUT2D eigenvalue weighted by molar-refractivity contribution is 6.73. The molecule has 0 N–H and O–H groups in total. The van der Waals surface area contributed by atoms with E-state index in [1.54, 1.807) is 0 Å². The zero-order valence-corrected chi connectivity index (χ0v) is 7.08. The number of hydrogen-bond acceptors (Lipinski definition) is 2. The largest absolute Gasteiger partial charge is 0.512 e. The van der Waals surface area contributed by atoms with Gasteiger partial charge in [0.25, 0.3) is 0 Å². The second kappa shape index (κ2) is 3.82. The molecule has 1 heterocycles. The van der Waals surface area contributed by atoms with Crippen LogP contribution in [0.4, 0.5) is 12.9 Å². The molecule has 1 aromatic rings. The van der Waals surface area contributed by atoms with E-state index in [9.17, 15) is 12.9 Å². The zero-order chi connectivity index (χ0) is 9.90. The SMILES string of the molecule is COCCn1cc([B-](F)(F)F)cn1. The van der Waals surface area contributed by atoms with Crippen molar-refractivity contribution in [2.75, 3.05) is 13.7 Å². The minimum absolute atomic E-state index is 0.336. The molecule has 0 amide bonds. The first-order valence-corrected chi connectivity index (χ1v) is 3.75. The summed E-state index contributed by atoms with van der Waals surface area (Å²) >= 11 is 0. The zero-order valence-electron chi connectivity index (χ0n) is 7.08. The molecule has 0 saturated heterocycles. The van der Waals surface area contributed by atoms with Crippen molar-refractivity contribution in [2.45, 2.75) is 6.54 Å². The molecule has 0 aliphatic rings. The molecule has 13 heavy (non-hydrogen) atoms. The van der Waals surface area contributed by atoms with E-state index in [0.29, 0.717) is 13.2 Å². The topological polar surface area (TPSA) is 27.1 Å². The molecule has 1 rings (SSSR count). The van der Waals surface area contributed by atoms with Gasteiger partial charge >= 0.3 is 6.98 Å².